The normalized spacial score (nSPS) is 23.7. The summed E-state index contributed by atoms with van der Waals surface area (Å²) in [6.07, 6.45) is 0. The molecule has 0 spiro atoms. The maximum absolute atomic E-state index is 2.65. The minimum atomic E-state index is 0.376. The molecule has 2 aromatic carbocycles. The lowest BCUT2D eigenvalue weighted by atomic mass is 9.92. The predicted octanol–water partition coefficient (Wildman–Crippen LogP) is 3.05. The summed E-state index contributed by atoms with van der Waals surface area (Å²) in [5.74, 6) is 0. The van der Waals surface area contributed by atoms with Crippen molar-refractivity contribution in [3.05, 3.63) is 71.8 Å². The molecular weight excluding hydrogens is 294 g/mol. The average molecular weight is 321 g/mol. The predicted molar refractivity (Wildman–Crippen MR) is 98.9 cm³/mol. The number of hydrogen-bond donors (Lipinski definition) is 0. The van der Waals surface area contributed by atoms with E-state index in [0.717, 1.165) is 19.8 Å². The smallest absolute Gasteiger partial charge is 0.0602 e. The van der Waals surface area contributed by atoms with Crippen molar-refractivity contribution in [1.82, 2.24) is 14.7 Å². The van der Waals surface area contributed by atoms with Crippen molar-refractivity contribution < 1.29 is 0 Å². The van der Waals surface area contributed by atoms with Gasteiger partial charge in [-0.15, -0.1) is 0 Å². The van der Waals surface area contributed by atoms with Crippen LogP contribution in [0.3, 0.4) is 0 Å². The Hall–Kier alpha value is -1.68. The zero-order chi connectivity index (χ0) is 16.5. The summed E-state index contributed by atoms with van der Waals surface area (Å²) in [7, 11) is 2.23. The molecule has 2 aliphatic heterocycles. The second-order valence-corrected chi connectivity index (χ2v) is 7.35. The van der Waals surface area contributed by atoms with Crippen LogP contribution in [0.1, 0.15) is 24.1 Å². The van der Waals surface area contributed by atoms with Crippen molar-refractivity contribution in [1.29, 1.82) is 0 Å². The first kappa shape index (κ1) is 15.8. The second kappa shape index (κ2) is 6.67. The van der Waals surface area contributed by atoms with E-state index in [4.69, 9.17) is 0 Å². The molecule has 2 saturated heterocycles. The Balaban J connectivity index is 1.50. The van der Waals surface area contributed by atoms with Crippen LogP contribution in [0.5, 0.6) is 0 Å². The highest BCUT2D eigenvalue weighted by Crippen LogP contribution is 2.34. The van der Waals surface area contributed by atoms with E-state index in [1.165, 1.54) is 17.7 Å². The van der Waals surface area contributed by atoms with Gasteiger partial charge in [0.1, 0.15) is 0 Å². The first-order valence-corrected chi connectivity index (χ1v) is 9.00. The zero-order valence-electron chi connectivity index (χ0n) is 14.7. The van der Waals surface area contributed by atoms with Crippen LogP contribution in [0, 0.1) is 0 Å². The van der Waals surface area contributed by atoms with Crippen molar-refractivity contribution in [2.75, 3.05) is 33.4 Å². The van der Waals surface area contributed by atoms with Gasteiger partial charge < -0.3 is 0 Å². The topological polar surface area (TPSA) is 9.72 Å². The summed E-state index contributed by atoms with van der Waals surface area (Å²) in [6, 6.07) is 23.6. The molecule has 0 N–H and O–H groups in total. The van der Waals surface area contributed by atoms with Gasteiger partial charge in [-0.3, -0.25) is 14.7 Å². The van der Waals surface area contributed by atoms with E-state index in [2.05, 4.69) is 89.3 Å². The molecule has 0 amide bonds. The summed E-state index contributed by atoms with van der Waals surface area (Å²) in [6.45, 7) is 6.97. The Morgan fingerprint density at radius 3 is 1.83 bits per heavy atom. The SMILES string of the molecule is CC1CN(C2CN(C(c3ccccc3)c3ccccc3)C2)CN1C. The highest BCUT2D eigenvalue weighted by Gasteiger charge is 2.40. The number of rotatable bonds is 4. The Morgan fingerprint density at radius 2 is 1.38 bits per heavy atom. The van der Waals surface area contributed by atoms with Gasteiger partial charge in [-0.1, -0.05) is 60.7 Å². The second-order valence-electron chi connectivity index (χ2n) is 7.35. The third kappa shape index (κ3) is 3.00. The van der Waals surface area contributed by atoms with Gasteiger partial charge >= 0.3 is 0 Å². The molecule has 0 radical (unpaired) electrons. The molecule has 0 bridgehead atoms. The first-order chi connectivity index (χ1) is 11.7. The lowest BCUT2D eigenvalue weighted by Crippen LogP contribution is -2.59. The molecule has 4 rings (SSSR count). The molecule has 0 aromatic heterocycles. The minimum absolute atomic E-state index is 0.376. The fraction of sp³-hybridized carbons (Fsp3) is 0.429. The average Bonchev–Trinajstić information content (AvgIpc) is 2.90. The molecule has 3 heteroatoms. The molecule has 1 atom stereocenters. The largest absolute Gasteiger partial charge is 0.290 e. The van der Waals surface area contributed by atoms with Crippen LogP contribution < -0.4 is 0 Å². The lowest BCUT2D eigenvalue weighted by Gasteiger charge is -2.48. The number of benzene rings is 2. The van der Waals surface area contributed by atoms with E-state index in [0.29, 0.717) is 18.1 Å². The Labute approximate surface area is 145 Å². The summed E-state index contributed by atoms with van der Waals surface area (Å²) < 4.78 is 0. The van der Waals surface area contributed by atoms with Crippen LogP contribution >= 0.6 is 0 Å². The maximum atomic E-state index is 2.65. The molecule has 126 valence electrons. The minimum Gasteiger partial charge on any atom is -0.290 e. The molecule has 3 nitrogen and oxygen atoms in total. The van der Waals surface area contributed by atoms with Gasteiger partial charge in [-0.25, -0.2) is 0 Å². The van der Waals surface area contributed by atoms with E-state index in [9.17, 15) is 0 Å². The fourth-order valence-corrected chi connectivity index (χ4v) is 4.04. The van der Waals surface area contributed by atoms with Crippen LogP contribution in [0.15, 0.2) is 60.7 Å². The molecule has 2 fully saturated rings. The number of nitrogens with zero attached hydrogens (tertiary/aromatic N) is 3. The standard InChI is InChI=1S/C21H27N3/c1-17-13-24(16-22(17)2)20-14-23(15-20)21(18-9-5-3-6-10-18)19-11-7-4-8-12-19/h3-12,17,20-21H,13-16H2,1-2H3. The molecule has 2 heterocycles. The van der Waals surface area contributed by atoms with Gasteiger partial charge in [0.15, 0.2) is 0 Å². The van der Waals surface area contributed by atoms with Crippen LogP contribution in [0.2, 0.25) is 0 Å². The Bertz CT molecular complexity index is 602. The van der Waals surface area contributed by atoms with Gasteiger partial charge in [-0.2, -0.15) is 0 Å². The number of hydrogen-bond acceptors (Lipinski definition) is 3. The van der Waals surface area contributed by atoms with Gasteiger partial charge in [0.2, 0.25) is 0 Å². The van der Waals surface area contributed by atoms with Crippen molar-refractivity contribution in [2.45, 2.75) is 25.0 Å². The summed E-state index contributed by atoms with van der Waals surface area (Å²) in [5, 5.41) is 0. The van der Waals surface area contributed by atoms with E-state index < -0.39 is 0 Å². The highest BCUT2D eigenvalue weighted by atomic mass is 15.4. The van der Waals surface area contributed by atoms with E-state index in [1.54, 1.807) is 0 Å². The molecule has 2 aromatic rings. The highest BCUT2D eigenvalue weighted by molar-refractivity contribution is 5.32. The lowest BCUT2D eigenvalue weighted by molar-refractivity contribution is 0.0197. The summed E-state index contributed by atoms with van der Waals surface area (Å²) in [4.78, 5) is 7.72. The molecule has 1 unspecified atom stereocenters. The third-order valence-electron chi connectivity index (χ3n) is 5.66. The van der Waals surface area contributed by atoms with Gasteiger partial charge in [0, 0.05) is 31.7 Å². The molecule has 2 aliphatic rings. The van der Waals surface area contributed by atoms with Crippen LogP contribution in [-0.4, -0.2) is 60.1 Å². The molecule has 24 heavy (non-hydrogen) atoms. The third-order valence-corrected chi connectivity index (χ3v) is 5.66. The zero-order valence-corrected chi connectivity index (χ0v) is 14.7. The van der Waals surface area contributed by atoms with Crippen LogP contribution in [0.4, 0.5) is 0 Å². The van der Waals surface area contributed by atoms with Crippen molar-refractivity contribution in [2.24, 2.45) is 0 Å². The van der Waals surface area contributed by atoms with E-state index in [-0.39, 0.29) is 0 Å². The van der Waals surface area contributed by atoms with Gasteiger partial charge in [0.05, 0.1) is 12.7 Å². The number of likely N-dealkylation sites (N-methyl/N-ethyl adjacent to an activating group) is 1. The van der Waals surface area contributed by atoms with Crippen molar-refractivity contribution in [3.8, 4) is 0 Å². The monoisotopic (exact) mass is 321 g/mol. The van der Waals surface area contributed by atoms with Crippen LogP contribution in [0.25, 0.3) is 0 Å². The van der Waals surface area contributed by atoms with E-state index >= 15 is 0 Å². The fourth-order valence-electron chi connectivity index (χ4n) is 4.04. The molecule has 0 saturated carbocycles. The van der Waals surface area contributed by atoms with Gasteiger partial charge in [0.25, 0.3) is 0 Å². The van der Waals surface area contributed by atoms with Crippen molar-refractivity contribution >= 4 is 0 Å². The molecular formula is C21H27N3. The number of likely N-dealkylation sites (tertiary alicyclic amines) is 1. The quantitative estimate of drug-likeness (QED) is 0.857. The summed E-state index contributed by atoms with van der Waals surface area (Å²) >= 11 is 0. The Kier molecular flexibility index (Phi) is 4.40. The van der Waals surface area contributed by atoms with Crippen LogP contribution in [-0.2, 0) is 0 Å². The van der Waals surface area contributed by atoms with Crippen molar-refractivity contribution in [3.63, 3.8) is 0 Å². The maximum Gasteiger partial charge on any atom is 0.0602 e. The van der Waals surface area contributed by atoms with Gasteiger partial charge in [-0.05, 0) is 25.1 Å². The first-order valence-electron chi connectivity index (χ1n) is 9.00. The van der Waals surface area contributed by atoms with E-state index in [1.807, 2.05) is 0 Å². The molecule has 0 aliphatic carbocycles. The Morgan fingerprint density at radius 1 is 0.833 bits per heavy atom. The summed E-state index contributed by atoms with van der Waals surface area (Å²) in [5.41, 5.74) is 2.79.